The first-order valence-corrected chi connectivity index (χ1v) is 13.6. The van der Waals surface area contributed by atoms with Gasteiger partial charge in [-0.1, -0.05) is 38.3 Å². The van der Waals surface area contributed by atoms with Crippen LogP contribution in [0.1, 0.15) is 75.5 Å². The first kappa shape index (κ1) is 23.9. The Hall–Kier alpha value is -3.52. The average molecular weight is 498 g/mol. The van der Waals surface area contributed by atoms with Gasteiger partial charge in [0.05, 0.1) is 23.7 Å². The van der Waals surface area contributed by atoms with Crippen LogP contribution in [-0.4, -0.2) is 42.0 Å². The van der Waals surface area contributed by atoms with Gasteiger partial charge in [0.25, 0.3) is 0 Å². The summed E-state index contributed by atoms with van der Waals surface area (Å²) in [6, 6.07) is 9.01. The molecule has 3 aromatic heterocycles. The number of anilines is 2. The molecule has 0 spiro atoms. The van der Waals surface area contributed by atoms with Crippen LogP contribution >= 0.6 is 0 Å². The molecule has 0 bridgehead atoms. The molecule has 2 atom stereocenters. The molecule has 0 saturated heterocycles. The van der Waals surface area contributed by atoms with Crippen molar-refractivity contribution in [1.82, 2.24) is 24.7 Å². The lowest BCUT2D eigenvalue weighted by Crippen LogP contribution is -2.19. The second-order valence-electron chi connectivity index (χ2n) is 10.5. The monoisotopic (exact) mass is 497 g/mol. The zero-order valence-electron chi connectivity index (χ0n) is 21.4. The number of aryl methyl sites for hydroxylation is 1. The summed E-state index contributed by atoms with van der Waals surface area (Å²) in [5.74, 6) is 1.81. The molecule has 192 valence electrons. The standard InChI is InChI=1S/C29H35N7O/c1-2-25-29(33-21-10-13-23(37)14-21)35-26-24(16-31-28(30)27(26)34-25)20-15-32-36(17-20)22-11-8-19(9-12-22)18-6-4-3-5-7-18/h8-9,11-12,15-18,21,23,37H,2-7,10,13-14H2,1H3,(H2,30,31)(H,33,35)/t21-,23+/m1/s1. The predicted octanol–water partition coefficient (Wildman–Crippen LogP) is 5.40. The Labute approximate surface area is 217 Å². The van der Waals surface area contributed by atoms with Crippen molar-refractivity contribution in [2.45, 2.75) is 82.8 Å². The summed E-state index contributed by atoms with van der Waals surface area (Å²) in [5.41, 5.74) is 12.6. The van der Waals surface area contributed by atoms with Gasteiger partial charge in [-0.2, -0.15) is 5.10 Å². The number of aliphatic hydroxyl groups excluding tert-OH is 1. The molecule has 8 heteroatoms. The number of hydrogen-bond donors (Lipinski definition) is 3. The van der Waals surface area contributed by atoms with Gasteiger partial charge in [0.1, 0.15) is 16.9 Å². The molecule has 0 aliphatic heterocycles. The topological polar surface area (TPSA) is 115 Å². The molecule has 2 saturated carbocycles. The fourth-order valence-corrected chi connectivity index (χ4v) is 5.89. The molecule has 6 rings (SSSR count). The summed E-state index contributed by atoms with van der Waals surface area (Å²) in [6.07, 6.45) is 15.2. The van der Waals surface area contributed by atoms with Crippen LogP contribution in [-0.2, 0) is 6.42 Å². The number of hydrogen-bond acceptors (Lipinski definition) is 7. The van der Waals surface area contributed by atoms with Crippen LogP contribution in [0.2, 0.25) is 0 Å². The molecule has 2 aliphatic rings. The van der Waals surface area contributed by atoms with Crippen LogP contribution in [0.3, 0.4) is 0 Å². The van der Waals surface area contributed by atoms with Crippen molar-refractivity contribution in [3.63, 3.8) is 0 Å². The molecule has 4 N–H and O–H groups in total. The third-order valence-corrected chi connectivity index (χ3v) is 8.01. The van der Waals surface area contributed by atoms with Crippen molar-refractivity contribution in [3.8, 4) is 16.8 Å². The minimum absolute atomic E-state index is 0.189. The third-order valence-electron chi connectivity index (χ3n) is 8.01. The highest BCUT2D eigenvalue weighted by atomic mass is 16.3. The maximum Gasteiger partial charge on any atom is 0.151 e. The van der Waals surface area contributed by atoms with Crippen LogP contribution in [0.5, 0.6) is 0 Å². The lowest BCUT2D eigenvalue weighted by Gasteiger charge is -2.22. The molecular formula is C29H35N7O. The molecule has 0 radical (unpaired) electrons. The largest absolute Gasteiger partial charge is 0.393 e. The van der Waals surface area contributed by atoms with Gasteiger partial charge in [0.15, 0.2) is 5.82 Å². The van der Waals surface area contributed by atoms with Crippen molar-refractivity contribution >= 4 is 22.7 Å². The number of aromatic nitrogens is 5. The molecule has 1 aromatic carbocycles. The van der Waals surface area contributed by atoms with Crippen LogP contribution in [0, 0.1) is 0 Å². The van der Waals surface area contributed by atoms with E-state index < -0.39 is 0 Å². The van der Waals surface area contributed by atoms with Crippen molar-refractivity contribution in [2.75, 3.05) is 11.1 Å². The number of fused-ring (bicyclic) bond motifs is 1. The number of pyridine rings is 1. The van der Waals surface area contributed by atoms with E-state index in [9.17, 15) is 5.11 Å². The van der Waals surface area contributed by atoms with Crippen LogP contribution in [0.15, 0.2) is 42.9 Å². The Balaban J connectivity index is 1.33. The lowest BCUT2D eigenvalue weighted by atomic mass is 9.84. The molecule has 2 fully saturated rings. The van der Waals surface area contributed by atoms with Gasteiger partial charge in [0, 0.05) is 29.6 Å². The Bertz CT molecular complexity index is 1390. The number of nitrogen functional groups attached to an aromatic ring is 1. The molecular weight excluding hydrogens is 462 g/mol. The molecule has 8 nitrogen and oxygen atoms in total. The molecule has 4 aromatic rings. The summed E-state index contributed by atoms with van der Waals surface area (Å²) in [4.78, 5) is 14.3. The number of nitrogens with zero attached hydrogens (tertiary/aromatic N) is 5. The van der Waals surface area contributed by atoms with E-state index in [2.05, 4.69) is 46.6 Å². The van der Waals surface area contributed by atoms with E-state index in [4.69, 9.17) is 15.7 Å². The Morgan fingerprint density at radius 1 is 1.00 bits per heavy atom. The van der Waals surface area contributed by atoms with Crippen molar-refractivity contribution < 1.29 is 5.11 Å². The van der Waals surface area contributed by atoms with Gasteiger partial charge in [-0.05, 0) is 62.1 Å². The van der Waals surface area contributed by atoms with Gasteiger partial charge < -0.3 is 16.2 Å². The number of nitrogens with one attached hydrogen (secondary N) is 1. The quantitative estimate of drug-likeness (QED) is 0.327. The van der Waals surface area contributed by atoms with Crippen molar-refractivity contribution in [2.24, 2.45) is 0 Å². The summed E-state index contributed by atoms with van der Waals surface area (Å²) >= 11 is 0. The highest BCUT2D eigenvalue weighted by Gasteiger charge is 2.25. The molecule has 3 heterocycles. The third kappa shape index (κ3) is 4.78. The zero-order valence-corrected chi connectivity index (χ0v) is 21.4. The van der Waals surface area contributed by atoms with E-state index in [0.29, 0.717) is 22.8 Å². The number of benzene rings is 1. The maximum absolute atomic E-state index is 9.97. The summed E-state index contributed by atoms with van der Waals surface area (Å²) < 4.78 is 1.90. The number of aliphatic hydroxyl groups is 1. The minimum atomic E-state index is -0.256. The van der Waals surface area contributed by atoms with E-state index in [-0.39, 0.29) is 12.1 Å². The van der Waals surface area contributed by atoms with Crippen molar-refractivity contribution in [3.05, 3.63) is 54.1 Å². The minimum Gasteiger partial charge on any atom is -0.393 e. The van der Waals surface area contributed by atoms with E-state index in [0.717, 1.165) is 54.0 Å². The van der Waals surface area contributed by atoms with E-state index in [1.54, 1.807) is 6.20 Å². The molecule has 37 heavy (non-hydrogen) atoms. The fraction of sp³-hybridized carbons (Fsp3) is 0.448. The van der Waals surface area contributed by atoms with E-state index in [1.165, 1.54) is 37.7 Å². The van der Waals surface area contributed by atoms with Crippen LogP contribution in [0.25, 0.3) is 27.8 Å². The second kappa shape index (κ2) is 10.1. The van der Waals surface area contributed by atoms with Crippen LogP contribution in [0.4, 0.5) is 11.6 Å². The van der Waals surface area contributed by atoms with Gasteiger partial charge in [0.2, 0.25) is 0 Å². The first-order chi connectivity index (χ1) is 18.1. The van der Waals surface area contributed by atoms with Gasteiger partial charge in [-0.3, -0.25) is 0 Å². The Kier molecular flexibility index (Phi) is 6.50. The van der Waals surface area contributed by atoms with Crippen molar-refractivity contribution in [1.29, 1.82) is 0 Å². The van der Waals surface area contributed by atoms with Gasteiger partial charge in [-0.15, -0.1) is 0 Å². The second-order valence-corrected chi connectivity index (χ2v) is 10.5. The molecule has 2 aliphatic carbocycles. The molecule has 0 amide bonds. The summed E-state index contributed by atoms with van der Waals surface area (Å²) in [7, 11) is 0. The number of nitrogens with two attached hydrogens (primary N) is 1. The van der Waals surface area contributed by atoms with Gasteiger partial charge >= 0.3 is 0 Å². The lowest BCUT2D eigenvalue weighted by molar-refractivity contribution is 0.182. The zero-order chi connectivity index (χ0) is 25.4. The summed E-state index contributed by atoms with van der Waals surface area (Å²) in [5, 5.41) is 18.1. The Morgan fingerprint density at radius 2 is 1.81 bits per heavy atom. The molecule has 0 unspecified atom stereocenters. The normalized spacial score (nSPS) is 20.5. The maximum atomic E-state index is 9.97. The van der Waals surface area contributed by atoms with E-state index >= 15 is 0 Å². The van der Waals surface area contributed by atoms with Gasteiger partial charge in [-0.25, -0.2) is 19.6 Å². The average Bonchev–Trinajstić information content (AvgIpc) is 3.58. The fourth-order valence-electron chi connectivity index (χ4n) is 5.89. The first-order valence-electron chi connectivity index (χ1n) is 13.6. The van der Waals surface area contributed by atoms with Crippen LogP contribution < -0.4 is 11.1 Å². The SMILES string of the molecule is CCc1nc2c(N)ncc(-c3cnn(-c4ccc(C5CCCCC5)cc4)c3)c2nc1N[C@@H]1CC[C@H](O)C1. The number of rotatable bonds is 6. The smallest absolute Gasteiger partial charge is 0.151 e. The van der Waals surface area contributed by atoms with E-state index in [1.807, 2.05) is 17.1 Å². The summed E-state index contributed by atoms with van der Waals surface area (Å²) in [6.45, 7) is 2.06. The highest BCUT2D eigenvalue weighted by molar-refractivity contribution is 5.96. The Morgan fingerprint density at radius 3 is 2.54 bits per heavy atom. The predicted molar refractivity (Wildman–Crippen MR) is 147 cm³/mol. The highest BCUT2D eigenvalue weighted by Crippen LogP contribution is 2.34.